The number of benzene rings is 2. The lowest BCUT2D eigenvalue weighted by molar-refractivity contribution is -0.142. The van der Waals surface area contributed by atoms with Crippen LogP contribution in [0.1, 0.15) is 36.7 Å². The lowest BCUT2D eigenvalue weighted by atomic mass is 10.1. The van der Waals surface area contributed by atoms with Crippen molar-refractivity contribution < 1.29 is 22.7 Å². The molecule has 0 aliphatic carbocycles. The highest BCUT2D eigenvalue weighted by molar-refractivity contribution is 5.66. The normalized spacial score (nSPS) is 12.1. The van der Waals surface area contributed by atoms with Gasteiger partial charge in [-0.25, -0.2) is 9.48 Å². The largest absolute Gasteiger partial charge is 0.464 e. The van der Waals surface area contributed by atoms with Crippen molar-refractivity contribution in [1.82, 2.24) is 18.9 Å². The number of rotatable bonds is 6. The summed E-state index contributed by atoms with van der Waals surface area (Å²) in [4.78, 5) is 38.9. The van der Waals surface area contributed by atoms with Crippen LogP contribution in [0.3, 0.4) is 0 Å². The van der Waals surface area contributed by atoms with Crippen molar-refractivity contribution in [2.24, 2.45) is 0 Å². The van der Waals surface area contributed by atoms with Gasteiger partial charge in [-0.05, 0) is 62.4 Å². The Labute approximate surface area is 219 Å². The number of nitrogens with zero attached hydrogens (tertiary/aromatic N) is 5. The predicted molar refractivity (Wildman–Crippen MR) is 135 cm³/mol. The van der Waals surface area contributed by atoms with Crippen LogP contribution in [0.5, 0.6) is 0 Å². The molecule has 2 aromatic carbocycles. The molecular formula is C27H22F3N5O4. The van der Waals surface area contributed by atoms with Crippen LogP contribution in [0.4, 0.5) is 13.2 Å². The molecule has 9 nitrogen and oxygen atoms in total. The molecule has 1 unspecified atom stereocenters. The number of hydrogen-bond donors (Lipinski definition) is 0. The minimum Gasteiger partial charge on any atom is -0.464 e. The summed E-state index contributed by atoms with van der Waals surface area (Å²) < 4.78 is 48.8. The van der Waals surface area contributed by atoms with E-state index in [9.17, 15) is 27.6 Å². The van der Waals surface area contributed by atoms with E-state index in [0.717, 1.165) is 21.3 Å². The number of ether oxygens (including phenoxy) is 1. The second kappa shape index (κ2) is 10.4. The number of hydrogen-bond acceptors (Lipinski definition) is 6. The van der Waals surface area contributed by atoms with Crippen molar-refractivity contribution in [3.63, 3.8) is 0 Å². The lowest BCUT2D eigenvalue weighted by Crippen LogP contribution is -2.44. The minimum atomic E-state index is -4.67. The SMILES string of the molecule is CC(=O)OCC(C)n1c(=O)c(-c2ccnn2-c2ccc(C#N)cc2)c(C)n(-c2cccc(C(F)(F)F)c2)c1=O. The van der Waals surface area contributed by atoms with Crippen molar-refractivity contribution in [1.29, 1.82) is 5.26 Å². The lowest BCUT2D eigenvalue weighted by Gasteiger charge is -2.21. The first-order valence-corrected chi connectivity index (χ1v) is 11.7. The van der Waals surface area contributed by atoms with E-state index in [4.69, 9.17) is 10.00 Å². The number of esters is 1. The third-order valence-electron chi connectivity index (χ3n) is 6.07. The zero-order valence-corrected chi connectivity index (χ0v) is 21.1. The van der Waals surface area contributed by atoms with Crippen LogP contribution in [-0.4, -0.2) is 31.5 Å². The molecule has 2 heterocycles. The van der Waals surface area contributed by atoms with Gasteiger partial charge in [-0.2, -0.15) is 23.5 Å². The average molecular weight is 537 g/mol. The van der Waals surface area contributed by atoms with E-state index in [-0.39, 0.29) is 29.2 Å². The Morgan fingerprint density at radius 3 is 2.41 bits per heavy atom. The molecule has 1 atom stereocenters. The van der Waals surface area contributed by atoms with Crippen LogP contribution < -0.4 is 11.2 Å². The molecule has 4 aromatic rings. The first kappa shape index (κ1) is 27.1. The van der Waals surface area contributed by atoms with Gasteiger partial charge < -0.3 is 4.74 Å². The Balaban J connectivity index is 2.03. The summed E-state index contributed by atoms with van der Waals surface area (Å²) in [5.74, 6) is -0.626. The maximum absolute atomic E-state index is 13.8. The average Bonchev–Trinajstić information content (AvgIpc) is 3.36. The fourth-order valence-electron chi connectivity index (χ4n) is 4.22. The van der Waals surface area contributed by atoms with E-state index < -0.39 is 35.0 Å². The van der Waals surface area contributed by atoms with Crippen molar-refractivity contribution in [2.75, 3.05) is 6.61 Å². The van der Waals surface area contributed by atoms with Crippen molar-refractivity contribution in [3.05, 3.63) is 98.5 Å². The molecule has 39 heavy (non-hydrogen) atoms. The van der Waals surface area contributed by atoms with Crippen molar-refractivity contribution >= 4 is 5.97 Å². The van der Waals surface area contributed by atoms with Gasteiger partial charge in [0.2, 0.25) is 0 Å². The number of carbonyl (C=O) groups is 1. The highest BCUT2D eigenvalue weighted by Crippen LogP contribution is 2.31. The van der Waals surface area contributed by atoms with Crippen LogP contribution in [0.25, 0.3) is 22.6 Å². The molecule has 0 aliphatic heterocycles. The molecule has 2 aromatic heterocycles. The van der Waals surface area contributed by atoms with Crippen LogP contribution in [0.15, 0.2) is 70.4 Å². The minimum absolute atomic E-state index is 0.00328. The first-order chi connectivity index (χ1) is 18.4. The Hall–Kier alpha value is -4.92. The molecule has 0 N–H and O–H groups in total. The van der Waals surface area contributed by atoms with E-state index in [2.05, 4.69) is 5.10 Å². The third-order valence-corrected chi connectivity index (χ3v) is 6.07. The Morgan fingerprint density at radius 1 is 1.10 bits per heavy atom. The first-order valence-electron chi connectivity index (χ1n) is 11.7. The third kappa shape index (κ3) is 5.24. The molecule has 0 bridgehead atoms. The summed E-state index contributed by atoms with van der Waals surface area (Å²) in [6.07, 6.45) is -3.24. The van der Waals surface area contributed by atoms with Crippen LogP contribution in [-0.2, 0) is 15.7 Å². The van der Waals surface area contributed by atoms with E-state index in [0.29, 0.717) is 11.3 Å². The summed E-state index contributed by atoms with van der Waals surface area (Å²) in [7, 11) is 0. The van der Waals surface area contributed by atoms with E-state index >= 15 is 0 Å². The van der Waals surface area contributed by atoms with E-state index in [1.54, 1.807) is 24.3 Å². The van der Waals surface area contributed by atoms with Gasteiger partial charge >= 0.3 is 17.8 Å². The van der Waals surface area contributed by atoms with Crippen LogP contribution >= 0.6 is 0 Å². The van der Waals surface area contributed by atoms with Gasteiger partial charge in [-0.3, -0.25) is 18.7 Å². The van der Waals surface area contributed by atoms with Gasteiger partial charge in [-0.1, -0.05) is 6.07 Å². The Morgan fingerprint density at radius 2 is 1.79 bits per heavy atom. The highest BCUT2D eigenvalue weighted by Gasteiger charge is 2.31. The molecular weight excluding hydrogens is 515 g/mol. The molecule has 12 heteroatoms. The van der Waals surface area contributed by atoms with Gasteiger partial charge in [-0.15, -0.1) is 0 Å². The number of halogens is 3. The van der Waals surface area contributed by atoms with Gasteiger partial charge in [0.1, 0.15) is 6.61 Å². The van der Waals surface area contributed by atoms with Crippen molar-refractivity contribution in [2.45, 2.75) is 33.0 Å². The zero-order valence-electron chi connectivity index (χ0n) is 21.1. The van der Waals surface area contributed by atoms with Crippen molar-refractivity contribution in [3.8, 4) is 28.7 Å². The molecule has 0 spiro atoms. The second-order valence-electron chi connectivity index (χ2n) is 8.74. The molecule has 4 rings (SSSR count). The summed E-state index contributed by atoms with van der Waals surface area (Å²) >= 11 is 0. The number of aromatic nitrogens is 4. The molecule has 0 saturated heterocycles. The van der Waals surface area contributed by atoms with Crippen LogP contribution in [0, 0.1) is 18.3 Å². The summed E-state index contributed by atoms with van der Waals surface area (Å²) in [5.41, 5.74) is -1.46. The Bertz CT molecular complexity index is 1710. The number of carbonyl (C=O) groups excluding carboxylic acids is 1. The number of nitriles is 1. The molecule has 200 valence electrons. The van der Waals surface area contributed by atoms with E-state index in [1.165, 1.54) is 49.8 Å². The summed E-state index contributed by atoms with van der Waals surface area (Å²) in [6, 6.07) is 13.2. The predicted octanol–water partition coefficient (Wildman–Crippen LogP) is 4.17. The highest BCUT2D eigenvalue weighted by atomic mass is 19.4. The van der Waals surface area contributed by atoms with Gasteiger partial charge in [0, 0.05) is 12.6 Å². The van der Waals surface area contributed by atoms with Gasteiger partial charge in [0.05, 0.1) is 52.1 Å². The van der Waals surface area contributed by atoms with E-state index in [1.807, 2.05) is 6.07 Å². The molecule has 0 amide bonds. The maximum atomic E-state index is 13.8. The quantitative estimate of drug-likeness (QED) is 0.341. The fourth-order valence-corrected chi connectivity index (χ4v) is 4.22. The molecule has 0 saturated carbocycles. The standard InChI is InChI=1S/C27H22F3N5O4/c1-16(15-39-18(3)36)33-25(37)24(23-11-12-32-35(23)21-9-7-19(14-31)8-10-21)17(2)34(26(33)38)22-6-4-5-20(13-22)27(28,29)30/h4-13,16H,15H2,1-3H3. The zero-order chi connectivity index (χ0) is 28.5. The van der Waals surface area contributed by atoms with Gasteiger partial charge in [0.25, 0.3) is 5.56 Å². The molecule has 0 fully saturated rings. The number of alkyl halides is 3. The monoisotopic (exact) mass is 537 g/mol. The summed E-state index contributed by atoms with van der Waals surface area (Å²) in [5, 5.41) is 13.4. The topological polar surface area (TPSA) is 112 Å². The summed E-state index contributed by atoms with van der Waals surface area (Å²) in [6.45, 7) is 3.80. The smallest absolute Gasteiger partial charge is 0.416 e. The Kier molecular flexibility index (Phi) is 7.27. The van der Waals surface area contributed by atoms with Crippen LogP contribution in [0.2, 0.25) is 0 Å². The second-order valence-corrected chi connectivity index (χ2v) is 8.74. The maximum Gasteiger partial charge on any atom is 0.416 e. The molecule has 0 radical (unpaired) electrons. The fraction of sp³-hybridized carbons (Fsp3) is 0.222. The van der Waals surface area contributed by atoms with Gasteiger partial charge in [0.15, 0.2) is 0 Å². The molecule has 0 aliphatic rings.